The average molecular weight is 321 g/mol. The zero-order valence-corrected chi connectivity index (χ0v) is 11.8. The zero-order chi connectivity index (χ0) is 10.1. The van der Waals surface area contributed by atoms with Gasteiger partial charge in [0.25, 0.3) is 0 Å². The molecule has 0 unspecified atom stereocenters. The fourth-order valence-electron chi connectivity index (χ4n) is 1.38. The number of benzene rings is 2. The minimum absolute atomic E-state index is 0. The third kappa shape index (κ3) is 2.47. The predicted molar refractivity (Wildman–Crippen MR) is 61.7 cm³/mol. The number of fused-ring (bicyclic) bond motifs is 1. The Balaban J connectivity index is 0.00000112. The molecule has 0 saturated carbocycles. The second kappa shape index (κ2) is 4.90. The van der Waals surface area contributed by atoms with Gasteiger partial charge >= 0.3 is 5.97 Å². The van der Waals surface area contributed by atoms with E-state index in [9.17, 15) is 4.79 Å². The van der Waals surface area contributed by atoms with Crippen molar-refractivity contribution in [2.75, 3.05) is 0 Å². The van der Waals surface area contributed by atoms with Crippen LogP contribution in [0.4, 0.5) is 0 Å². The summed E-state index contributed by atoms with van der Waals surface area (Å²) >= 11 is 5.82. The van der Waals surface area contributed by atoms with Crippen LogP contribution >= 0.6 is 11.6 Å². The summed E-state index contributed by atoms with van der Waals surface area (Å²) in [5.41, 5.74) is 0.144. The second-order valence-corrected chi connectivity index (χ2v) is 3.39. The van der Waals surface area contributed by atoms with E-state index in [0.29, 0.717) is 0 Å². The Kier molecular flexibility index (Phi) is 4.05. The van der Waals surface area contributed by atoms with Gasteiger partial charge in [-0.05, 0) is 22.9 Å². The molecular weight excluding hydrogens is 314 g/mol. The molecule has 0 aliphatic carbocycles. The Morgan fingerprint density at radius 2 is 1.67 bits per heavy atom. The van der Waals surface area contributed by atoms with Gasteiger partial charge in [0.2, 0.25) is 0 Å². The van der Waals surface area contributed by atoms with Gasteiger partial charge in [0.1, 0.15) is 0 Å². The van der Waals surface area contributed by atoms with E-state index in [4.69, 9.17) is 16.7 Å². The Labute approximate surface area is 111 Å². The minimum atomic E-state index is -0.999. The molecule has 4 heteroatoms. The number of hydrogen-bond donors (Lipinski definition) is 1. The Morgan fingerprint density at radius 1 is 1.13 bits per heavy atom. The molecule has 0 saturated heterocycles. The van der Waals surface area contributed by atoms with Crippen molar-refractivity contribution in [3.8, 4) is 0 Å². The van der Waals surface area contributed by atoms with Crippen LogP contribution in [0.25, 0.3) is 10.8 Å². The van der Waals surface area contributed by atoms with Gasteiger partial charge < -0.3 is 5.11 Å². The molecule has 2 nitrogen and oxygen atoms in total. The molecule has 0 atom stereocenters. The maximum absolute atomic E-state index is 10.8. The molecule has 0 amide bonds. The van der Waals surface area contributed by atoms with Gasteiger partial charge in [0, 0.05) is 25.8 Å². The monoisotopic (exact) mass is 321 g/mol. The van der Waals surface area contributed by atoms with Crippen LogP contribution in [0.3, 0.4) is 0 Å². The molecule has 0 heterocycles. The number of carboxylic acids is 1. The standard InChI is InChI=1S/C11H7ClO2.In/c12-10-6-8-4-2-1-3-7(8)5-9(10)11(13)14;/h1-6H,(H,13,14);. The number of halogens is 1. The van der Waals surface area contributed by atoms with E-state index >= 15 is 0 Å². The average Bonchev–Trinajstić information content (AvgIpc) is 2.16. The zero-order valence-electron chi connectivity index (χ0n) is 7.77. The summed E-state index contributed by atoms with van der Waals surface area (Å²) in [6.07, 6.45) is 0. The van der Waals surface area contributed by atoms with Crippen molar-refractivity contribution >= 4 is 54.2 Å². The largest absolute Gasteiger partial charge is 0.478 e. The summed E-state index contributed by atoms with van der Waals surface area (Å²) in [5, 5.41) is 10.9. The third-order valence-electron chi connectivity index (χ3n) is 2.07. The van der Waals surface area contributed by atoms with Crippen LogP contribution in [0, 0.1) is 0 Å². The van der Waals surface area contributed by atoms with Crippen molar-refractivity contribution in [3.63, 3.8) is 0 Å². The Hall–Kier alpha value is -0.670. The van der Waals surface area contributed by atoms with Gasteiger partial charge in [0.05, 0.1) is 10.6 Å². The van der Waals surface area contributed by atoms with Gasteiger partial charge in [-0.15, -0.1) is 0 Å². The number of rotatable bonds is 1. The van der Waals surface area contributed by atoms with Crippen molar-refractivity contribution < 1.29 is 9.90 Å². The van der Waals surface area contributed by atoms with Gasteiger partial charge in [-0.3, -0.25) is 0 Å². The third-order valence-corrected chi connectivity index (χ3v) is 2.38. The first-order valence-corrected chi connectivity index (χ1v) is 4.48. The minimum Gasteiger partial charge on any atom is -0.478 e. The van der Waals surface area contributed by atoms with Crippen LogP contribution in [-0.2, 0) is 0 Å². The van der Waals surface area contributed by atoms with Crippen molar-refractivity contribution in [2.45, 2.75) is 0 Å². The maximum atomic E-state index is 10.8. The van der Waals surface area contributed by atoms with E-state index in [2.05, 4.69) is 0 Å². The summed E-state index contributed by atoms with van der Waals surface area (Å²) in [4.78, 5) is 10.8. The summed E-state index contributed by atoms with van der Waals surface area (Å²) in [5.74, 6) is -0.999. The van der Waals surface area contributed by atoms with Crippen LogP contribution in [0.2, 0.25) is 5.02 Å². The summed E-state index contributed by atoms with van der Waals surface area (Å²) in [6, 6.07) is 10.8. The molecule has 0 aromatic heterocycles. The quantitative estimate of drug-likeness (QED) is 0.877. The molecule has 2 aromatic rings. The molecular formula is C11H7ClInO2. The van der Waals surface area contributed by atoms with Gasteiger partial charge in [0.15, 0.2) is 0 Å². The first kappa shape index (κ1) is 12.4. The van der Waals surface area contributed by atoms with Crippen LogP contribution < -0.4 is 0 Å². The van der Waals surface area contributed by atoms with E-state index in [1.54, 1.807) is 12.1 Å². The smallest absolute Gasteiger partial charge is 0.337 e. The Morgan fingerprint density at radius 3 is 2.20 bits per heavy atom. The molecule has 15 heavy (non-hydrogen) atoms. The number of hydrogen-bond acceptors (Lipinski definition) is 1. The first-order valence-electron chi connectivity index (χ1n) is 4.10. The molecule has 0 spiro atoms. The van der Waals surface area contributed by atoms with E-state index in [-0.39, 0.29) is 36.4 Å². The van der Waals surface area contributed by atoms with Crippen molar-refractivity contribution in [2.24, 2.45) is 0 Å². The van der Waals surface area contributed by atoms with Gasteiger partial charge in [-0.25, -0.2) is 4.79 Å². The predicted octanol–water partition coefficient (Wildman–Crippen LogP) is 2.81. The fourth-order valence-corrected chi connectivity index (χ4v) is 1.63. The van der Waals surface area contributed by atoms with Gasteiger partial charge in [-0.2, -0.15) is 0 Å². The Bertz CT molecular complexity index is 511. The van der Waals surface area contributed by atoms with Crippen LogP contribution in [-0.4, -0.2) is 36.9 Å². The molecule has 0 fully saturated rings. The molecule has 0 aliphatic heterocycles. The summed E-state index contributed by atoms with van der Waals surface area (Å²) in [6.45, 7) is 0. The van der Waals surface area contributed by atoms with Crippen molar-refractivity contribution in [1.29, 1.82) is 0 Å². The SMILES string of the molecule is O=C(O)c1cc2ccccc2cc1Cl.[In]. The number of aromatic carboxylic acids is 1. The topological polar surface area (TPSA) is 37.3 Å². The van der Waals surface area contributed by atoms with Crippen molar-refractivity contribution in [3.05, 3.63) is 47.0 Å². The first-order chi connectivity index (χ1) is 6.68. The summed E-state index contributed by atoms with van der Waals surface area (Å²) < 4.78 is 0. The molecule has 2 aromatic carbocycles. The molecule has 73 valence electrons. The van der Waals surface area contributed by atoms with Crippen molar-refractivity contribution in [1.82, 2.24) is 0 Å². The van der Waals surface area contributed by atoms with Gasteiger partial charge in [-0.1, -0.05) is 35.9 Å². The van der Waals surface area contributed by atoms with Crippen LogP contribution in [0.5, 0.6) is 0 Å². The molecule has 3 radical (unpaired) electrons. The van der Waals surface area contributed by atoms with E-state index < -0.39 is 5.97 Å². The normalized spacial score (nSPS) is 9.67. The summed E-state index contributed by atoms with van der Waals surface area (Å²) in [7, 11) is 0. The molecule has 2 rings (SSSR count). The van der Waals surface area contributed by atoms with Crippen LogP contribution in [0.1, 0.15) is 10.4 Å². The van der Waals surface area contributed by atoms with Crippen LogP contribution in [0.15, 0.2) is 36.4 Å². The fraction of sp³-hybridized carbons (Fsp3) is 0. The van der Waals surface area contributed by atoms with E-state index in [1.807, 2.05) is 24.3 Å². The maximum Gasteiger partial charge on any atom is 0.337 e. The molecule has 1 N–H and O–H groups in total. The second-order valence-electron chi connectivity index (χ2n) is 2.98. The van der Waals surface area contributed by atoms with E-state index in [1.165, 1.54) is 0 Å². The number of carboxylic acid groups (broad SMARTS) is 1. The number of carbonyl (C=O) groups is 1. The molecule has 0 aliphatic rings. The van der Waals surface area contributed by atoms with E-state index in [0.717, 1.165) is 10.8 Å². The molecule has 0 bridgehead atoms.